The van der Waals surface area contributed by atoms with Crippen LogP contribution in [0.15, 0.2) is 18.2 Å². The van der Waals surface area contributed by atoms with Crippen LogP contribution in [0.4, 0.5) is 5.82 Å². The van der Waals surface area contributed by atoms with Gasteiger partial charge in [-0.1, -0.05) is 25.4 Å². The Hall–Kier alpha value is -1.88. The fraction of sp³-hybridized carbons (Fsp3) is 0.550. The van der Waals surface area contributed by atoms with Gasteiger partial charge in [-0.15, -0.1) is 0 Å². The molecule has 1 aromatic heterocycles. The number of carbonyl (C=O) groups excluding carboxylic acids is 1. The molecular formula is C20H25ClN4O. The molecule has 0 bridgehead atoms. The molecule has 1 aliphatic carbocycles. The van der Waals surface area contributed by atoms with E-state index in [2.05, 4.69) is 18.7 Å². The van der Waals surface area contributed by atoms with Crippen molar-refractivity contribution in [1.82, 2.24) is 14.9 Å². The normalized spacial score (nSPS) is 18.0. The number of halogens is 1. The summed E-state index contributed by atoms with van der Waals surface area (Å²) < 4.78 is 0. The molecule has 1 aliphatic heterocycles. The van der Waals surface area contributed by atoms with Crippen molar-refractivity contribution in [2.75, 3.05) is 31.1 Å². The molecule has 2 aromatic rings. The van der Waals surface area contributed by atoms with E-state index in [4.69, 9.17) is 21.6 Å². The lowest BCUT2D eigenvalue weighted by molar-refractivity contribution is -0.132. The molecule has 4 rings (SSSR count). The van der Waals surface area contributed by atoms with Gasteiger partial charge in [0.1, 0.15) is 11.6 Å². The Morgan fingerprint density at radius 2 is 1.92 bits per heavy atom. The van der Waals surface area contributed by atoms with Crippen LogP contribution in [0.3, 0.4) is 0 Å². The lowest BCUT2D eigenvalue weighted by Crippen LogP contribution is -2.49. The third-order valence-electron chi connectivity index (χ3n) is 5.11. The maximum atomic E-state index is 12.3. The average molecular weight is 373 g/mol. The predicted octanol–water partition coefficient (Wildman–Crippen LogP) is 3.86. The summed E-state index contributed by atoms with van der Waals surface area (Å²) >= 11 is 6.18. The summed E-state index contributed by atoms with van der Waals surface area (Å²) in [7, 11) is 0. The highest BCUT2D eigenvalue weighted by Gasteiger charge is 2.29. The molecule has 1 amide bonds. The first-order valence-electron chi connectivity index (χ1n) is 9.51. The number of hydrogen-bond donors (Lipinski definition) is 0. The predicted molar refractivity (Wildman–Crippen MR) is 105 cm³/mol. The highest BCUT2D eigenvalue weighted by molar-refractivity contribution is 6.31. The maximum absolute atomic E-state index is 12.3. The Bertz CT molecular complexity index is 826. The summed E-state index contributed by atoms with van der Waals surface area (Å²) in [4.78, 5) is 26.2. The van der Waals surface area contributed by atoms with E-state index in [0.29, 0.717) is 23.3 Å². The van der Waals surface area contributed by atoms with Crippen LogP contribution in [-0.2, 0) is 4.79 Å². The number of rotatable bonds is 4. The zero-order valence-corrected chi connectivity index (χ0v) is 16.2. The second kappa shape index (κ2) is 7.03. The van der Waals surface area contributed by atoms with Crippen molar-refractivity contribution in [2.24, 2.45) is 5.92 Å². The van der Waals surface area contributed by atoms with E-state index in [0.717, 1.165) is 48.7 Å². The summed E-state index contributed by atoms with van der Waals surface area (Å²) in [6, 6.07) is 5.84. The van der Waals surface area contributed by atoms with Gasteiger partial charge in [-0.05, 0) is 37.0 Å². The standard InChI is InChI=1S/C20H25ClN4O/c1-13(2)11-18(26)24-7-9-25(10-8-24)20-16-6-5-15(21)12-17(16)22-19(23-20)14-3-4-14/h5-6,12-14H,3-4,7-11H2,1-2H3. The lowest BCUT2D eigenvalue weighted by Gasteiger charge is -2.36. The van der Waals surface area contributed by atoms with E-state index in [1.165, 1.54) is 12.8 Å². The van der Waals surface area contributed by atoms with Crippen LogP contribution in [0, 0.1) is 5.92 Å². The molecule has 0 unspecified atom stereocenters. The smallest absolute Gasteiger partial charge is 0.222 e. The monoisotopic (exact) mass is 372 g/mol. The molecule has 0 atom stereocenters. The Morgan fingerprint density at radius 1 is 1.19 bits per heavy atom. The number of anilines is 1. The second-order valence-electron chi connectivity index (χ2n) is 7.81. The van der Waals surface area contributed by atoms with Gasteiger partial charge in [-0.3, -0.25) is 4.79 Å². The molecule has 2 fully saturated rings. The Balaban J connectivity index is 1.58. The third kappa shape index (κ3) is 3.63. The summed E-state index contributed by atoms with van der Waals surface area (Å²) in [5.74, 6) is 3.08. The molecular weight excluding hydrogens is 348 g/mol. The number of piperazine rings is 1. The minimum Gasteiger partial charge on any atom is -0.352 e. The van der Waals surface area contributed by atoms with Gasteiger partial charge >= 0.3 is 0 Å². The molecule has 6 heteroatoms. The van der Waals surface area contributed by atoms with Gasteiger partial charge in [0, 0.05) is 48.9 Å². The van der Waals surface area contributed by atoms with Gasteiger partial charge in [0.2, 0.25) is 5.91 Å². The molecule has 1 aromatic carbocycles. The summed E-state index contributed by atoms with van der Waals surface area (Å²) in [6.07, 6.45) is 2.97. The van der Waals surface area contributed by atoms with Crippen molar-refractivity contribution >= 4 is 34.2 Å². The van der Waals surface area contributed by atoms with Crippen LogP contribution in [0.1, 0.15) is 44.9 Å². The average Bonchev–Trinajstić information content (AvgIpc) is 3.45. The Morgan fingerprint density at radius 3 is 2.58 bits per heavy atom. The Labute approximate surface area is 159 Å². The zero-order valence-electron chi connectivity index (χ0n) is 15.4. The van der Waals surface area contributed by atoms with E-state index in [1.54, 1.807) is 0 Å². The minimum atomic E-state index is 0.262. The highest BCUT2D eigenvalue weighted by atomic mass is 35.5. The second-order valence-corrected chi connectivity index (χ2v) is 8.24. The van der Waals surface area contributed by atoms with Crippen LogP contribution in [0.5, 0.6) is 0 Å². The molecule has 1 saturated heterocycles. The summed E-state index contributed by atoms with van der Waals surface area (Å²) in [5, 5.41) is 1.74. The van der Waals surface area contributed by atoms with Crippen molar-refractivity contribution < 1.29 is 4.79 Å². The number of hydrogen-bond acceptors (Lipinski definition) is 4. The molecule has 5 nitrogen and oxygen atoms in total. The van der Waals surface area contributed by atoms with Crippen molar-refractivity contribution in [1.29, 1.82) is 0 Å². The number of nitrogens with zero attached hydrogens (tertiary/aromatic N) is 4. The van der Waals surface area contributed by atoms with Gasteiger partial charge in [-0.25, -0.2) is 9.97 Å². The van der Waals surface area contributed by atoms with Gasteiger partial charge in [-0.2, -0.15) is 0 Å². The number of amides is 1. The van der Waals surface area contributed by atoms with Gasteiger partial charge < -0.3 is 9.80 Å². The first-order valence-corrected chi connectivity index (χ1v) is 9.89. The molecule has 138 valence electrons. The van der Waals surface area contributed by atoms with Crippen molar-refractivity contribution in [2.45, 2.75) is 39.0 Å². The zero-order chi connectivity index (χ0) is 18.3. The number of benzene rings is 1. The minimum absolute atomic E-state index is 0.262. The fourth-order valence-corrected chi connectivity index (χ4v) is 3.68. The van der Waals surface area contributed by atoms with E-state index in [-0.39, 0.29) is 5.91 Å². The van der Waals surface area contributed by atoms with E-state index < -0.39 is 0 Å². The molecule has 26 heavy (non-hydrogen) atoms. The van der Waals surface area contributed by atoms with E-state index in [9.17, 15) is 4.79 Å². The number of carbonyl (C=O) groups is 1. The molecule has 0 N–H and O–H groups in total. The topological polar surface area (TPSA) is 49.3 Å². The quantitative estimate of drug-likeness (QED) is 0.817. The van der Waals surface area contributed by atoms with E-state index >= 15 is 0 Å². The van der Waals surface area contributed by atoms with Crippen LogP contribution < -0.4 is 4.90 Å². The molecule has 2 heterocycles. The summed E-state index contributed by atoms with van der Waals surface area (Å²) in [6.45, 7) is 7.30. The molecule has 0 radical (unpaired) electrons. The molecule has 1 saturated carbocycles. The van der Waals surface area contributed by atoms with Gasteiger partial charge in [0.05, 0.1) is 5.52 Å². The summed E-state index contributed by atoms with van der Waals surface area (Å²) in [5.41, 5.74) is 0.919. The molecule has 2 aliphatic rings. The van der Waals surface area contributed by atoms with Crippen LogP contribution in [0.25, 0.3) is 10.9 Å². The first kappa shape index (κ1) is 17.5. The first-order chi connectivity index (χ1) is 12.5. The molecule has 0 spiro atoms. The third-order valence-corrected chi connectivity index (χ3v) is 5.35. The van der Waals surface area contributed by atoms with Crippen molar-refractivity contribution in [3.63, 3.8) is 0 Å². The van der Waals surface area contributed by atoms with Crippen LogP contribution in [-0.4, -0.2) is 47.0 Å². The van der Waals surface area contributed by atoms with Crippen LogP contribution in [0.2, 0.25) is 5.02 Å². The SMILES string of the molecule is CC(C)CC(=O)N1CCN(c2nc(C3CC3)nc3cc(Cl)ccc23)CC1. The van der Waals surface area contributed by atoms with Crippen LogP contribution >= 0.6 is 11.6 Å². The number of aromatic nitrogens is 2. The van der Waals surface area contributed by atoms with Crippen molar-refractivity contribution in [3.05, 3.63) is 29.0 Å². The highest BCUT2D eigenvalue weighted by Crippen LogP contribution is 2.40. The van der Waals surface area contributed by atoms with E-state index in [1.807, 2.05) is 23.1 Å². The lowest BCUT2D eigenvalue weighted by atomic mass is 10.1. The largest absolute Gasteiger partial charge is 0.352 e. The Kier molecular flexibility index (Phi) is 4.74. The van der Waals surface area contributed by atoms with Gasteiger partial charge in [0.15, 0.2) is 0 Å². The number of fused-ring (bicyclic) bond motifs is 1. The fourth-order valence-electron chi connectivity index (χ4n) is 3.51. The maximum Gasteiger partial charge on any atom is 0.222 e. The van der Waals surface area contributed by atoms with Gasteiger partial charge in [0.25, 0.3) is 0 Å². The van der Waals surface area contributed by atoms with Crippen molar-refractivity contribution in [3.8, 4) is 0 Å².